The molecule has 2 aromatic rings. The second-order valence-corrected chi connectivity index (χ2v) is 7.00. The van der Waals surface area contributed by atoms with E-state index in [9.17, 15) is 0 Å². The highest BCUT2D eigenvalue weighted by atomic mass is 32.2. The van der Waals surface area contributed by atoms with Gasteiger partial charge in [-0.2, -0.15) is 5.26 Å². The Balaban J connectivity index is 1.60. The molecule has 25 heavy (non-hydrogen) atoms. The maximum absolute atomic E-state index is 9.00. The van der Waals surface area contributed by atoms with Gasteiger partial charge in [0.05, 0.1) is 17.3 Å². The molecule has 0 aliphatic carbocycles. The van der Waals surface area contributed by atoms with Crippen LogP contribution >= 0.6 is 24.0 Å². The fraction of sp³-hybridized carbons (Fsp3) is 0.263. The quantitative estimate of drug-likeness (QED) is 0.657. The zero-order valence-electron chi connectivity index (χ0n) is 14.1. The number of para-hydroxylation sites is 1. The van der Waals surface area contributed by atoms with Gasteiger partial charge < -0.3 is 15.1 Å². The number of piperazine rings is 1. The van der Waals surface area contributed by atoms with Gasteiger partial charge in [0.1, 0.15) is 0 Å². The van der Waals surface area contributed by atoms with Crippen LogP contribution in [-0.2, 0) is 0 Å². The van der Waals surface area contributed by atoms with E-state index in [0.717, 1.165) is 31.9 Å². The van der Waals surface area contributed by atoms with E-state index in [0.29, 0.717) is 10.7 Å². The lowest BCUT2D eigenvalue weighted by atomic mass is 10.2. The van der Waals surface area contributed by atoms with Crippen LogP contribution in [0.2, 0.25) is 0 Å². The Bertz CT molecular complexity index is 792. The number of hydrogen-bond donors (Lipinski definition) is 1. The van der Waals surface area contributed by atoms with Gasteiger partial charge >= 0.3 is 0 Å². The van der Waals surface area contributed by atoms with Gasteiger partial charge in [-0.3, -0.25) is 0 Å². The molecule has 0 radical (unpaired) electrons. The zero-order valence-corrected chi connectivity index (χ0v) is 15.7. The lowest BCUT2D eigenvalue weighted by molar-refractivity contribution is 0.390. The summed E-state index contributed by atoms with van der Waals surface area (Å²) in [4.78, 5) is 5.92. The van der Waals surface area contributed by atoms with Crippen LogP contribution in [-0.4, -0.2) is 42.4 Å². The number of nitrogens with one attached hydrogen (secondary N) is 1. The minimum Gasteiger partial charge on any atom is -0.367 e. The summed E-state index contributed by atoms with van der Waals surface area (Å²) in [6.07, 6.45) is 2.11. The van der Waals surface area contributed by atoms with Crippen LogP contribution in [0.25, 0.3) is 0 Å². The molecular weight excluding hydrogens is 348 g/mol. The molecule has 1 aliphatic rings. The van der Waals surface area contributed by atoms with Gasteiger partial charge in [0.25, 0.3) is 0 Å². The van der Waals surface area contributed by atoms with E-state index in [4.69, 9.17) is 17.5 Å². The molecule has 0 atom stereocenters. The molecule has 0 amide bonds. The smallest absolute Gasteiger partial charge is 0.173 e. The Morgan fingerprint density at radius 3 is 2.60 bits per heavy atom. The van der Waals surface area contributed by atoms with Crippen molar-refractivity contribution in [2.75, 3.05) is 42.7 Å². The third kappa shape index (κ3) is 4.25. The number of thioether (sulfide) groups is 1. The highest BCUT2D eigenvalue weighted by Crippen LogP contribution is 2.29. The summed E-state index contributed by atoms with van der Waals surface area (Å²) in [5, 5.41) is 13.0. The largest absolute Gasteiger partial charge is 0.367 e. The Labute approximate surface area is 158 Å². The Hall–Kier alpha value is -2.23. The molecule has 4 nitrogen and oxygen atoms in total. The maximum atomic E-state index is 9.00. The van der Waals surface area contributed by atoms with Crippen molar-refractivity contribution in [3.8, 4) is 6.07 Å². The number of rotatable bonds is 3. The average Bonchev–Trinajstić information content (AvgIpc) is 2.68. The molecule has 1 heterocycles. The number of benzene rings is 2. The van der Waals surface area contributed by atoms with Gasteiger partial charge in [-0.15, -0.1) is 11.8 Å². The summed E-state index contributed by atoms with van der Waals surface area (Å²) in [6.45, 7) is 3.65. The molecule has 1 fully saturated rings. The topological polar surface area (TPSA) is 42.3 Å². The van der Waals surface area contributed by atoms with Gasteiger partial charge in [-0.05, 0) is 48.8 Å². The van der Waals surface area contributed by atoms with Crippen molar-refractivity contribution >= 4 is 40.5 Å². The van der Waals surface area contributed by atoms with Gasteiger partial charge in [-0.25, -0.2) is 0 Å². The maximum Gasteiger partial charge on any atom is 0.173 e. The first-order chi connectivity index (χ1) is 12.2. The predicted octanol–water partition coefficient (Wildman–Crippen LogP) is 3.80. The minimum atomic E-state index is 0.631. The average molecular weight is 369 g/mol. The monoisotopic (exact) mass is 368 g/mol. The van der Waals surface area contributed by atoms with Crippen LogP contribution in [0.15, 0.2) is 53.4 Å². The van der Waals surface area contributed by atoms with Crippen molar-refractivity contribution < 1.29 is 0 Å². The molecule has 0 saturated carbocycles. The van der Waals surface area contributed by atoms with Crippen LogP contribution in [0.5, 0.6) is 0 Å². The molecule has 0 bridgehead atoms. The van der Waals surface area contributed by atoms with Gasteiger partial charge in [0.15, 0.2) is 5.11 Å². The molecular formula is C19H20N4S2. The van der Waals surface area contributed by atoms with E-state index < -0.39 is 0 Å². The third-order valence-electron chi connectivity index (χ3n) is 4.24. The van der Waals surface area contributed by atoms with Crippen molar-refractivity contribution in [1.29, 1.82) is 5.26 Å². The molecule has 0 aromatic heterocycles. The fourth-order valence-corrected chi connectivity index (χ4v) is 3.83. The highest BCUT2D eigenvalue weighted by molar-refractivity contribution is 7.98. The van der Waals surface area contributed by atoms with E-state index in [1.807, 2.05) is 18.2 Å². The molecule has 6 heteroatoms. The van der Waals surface area contributed by atoms with Crippen molar-refractivity contribution in [2.24, 2.45) is 0 Å². The van der Waals surface area contributed by atoms with E-state index in [2.05, 4.69) is 51.7 Å². The molecule has 0 unspecified atom stereocenters. The van der Waals surface area contributed by atoms with Crippen LogP contribution in [0.1, 0.15) is 5.56 Å². The van der Waals surface area contributed by atoms with Crippen molar-refractivity contribution in [2.45, 2.75) is 4.90 Å². The lowest BCUT2D eigenvalue weighted by Gasteiger charge is -2.38. The highest BCUT2D eigenvalue weighted by Gasteiger charge is 2.20. The zero-order chi connectivity index (χ0) is 17.6. The Morgan fingerprint density at radius 2 is 1.88 bits per heavy atom. The first-order valence-corrected chi connectivity index (χ1v) is 9.78. The van der Waals surface area contributed by atoms with Gasteiger partial charge in [0.2, 0.25) is 0 Å². The van der Waals surface area contributed by atoms with E-state index in [1.165, 1.54) is 10.6 Å². The van der Waals surface area contributed by atoms with Crippen LogP contribution < -0.4 is 10.2 Å². The minimum absolute atomic E-state index is 0.631. The first-order valence-electron chi connectivity index (χ1n) is 8.15. The summed E-state index contributed by atoms with van der Waals surface area (Å²) in [7, 11) is 0. The summed E-state index contributed by atoms with van der Waals surface area (Å²) in [5.74, 6) is 0. The molecule has 1 N–H and O–H groups in total. The molecule has 1 aliphatic heterocycles. The summed E-state index contributed by atoms with van der Waals surface area (Å²) < 4.78 is 0. The third-order valence-corrected chi connectivity index (χ3v) is 5.38. The Morgan fingerprint density at radius 1 is 1.12 bits per heavy atom. The van der Waals surface area contributed by atoms with E-state index >= 15 is 0 Å². The summed E-state index contributed by atoms with van der Waals surface area (Å²) in [6, 6.07) is 18.1. The summed E-state index contributed by atoms with van der Waals surface area (Å²) in [5.41, 5.74) is 2.79. The molecule has 0 spiro atoms. The summed E-state index contributed by atoms with van der Waals surface area (Å²) >= 11 is 7.33. The standard InChI is InChI=1S/C19H20N4S2/c1-25-18-8-3-2-7-17(18)22-9-11-23(12-10-22)19(24)21-16-6-4-5-15(13-16)14-20/h2-8,13H,9-12H2,1H3,(H,21,24). The lowest BCUT2D eigenvalue weighted by Crippen LogP contribution is -2.50. The number of thiocarbonyl (C=S) groups is 1. The number of nitrogens with zero attached hydrogens (tertiary/aromatic N) is 3. The van der Waals surface area contributed by atoms with E-state index in [-0.39, 0.29) is 0 Å². The number of hydrogen-bond acceptors (Lipinski definition) is 4. The first kappa shape index (κ1) is 17.6. The molecule has 3 rings (SSSR count). The van der Waals surface area contributed by atoms with Crippen LogP contribution in [0.4, 0.5) is 11.4 Å². The van der Waals surface area contributed by atoms with Gasteiger partial charge in [0, 0.05) is 36.8 Å². The predicted molar refractivity (Wildman–Crippen MR) is 109 cm³/mol. The number of nitriles is 1. The molecule has 1 saturated heterocycles. The number of anilines is 2. The second kappa shape index (κ2) is 8.24. The Kier molecular flexibility index (Phi) is 5.79. The second-order valence-electron chi connectivity index (χ2n) is 5.77. The van der Waals surface area contributed by atoms with Crippen molar-refractivity contribution in [3.63, 3.8) is 0 Å². The molecule has 128 valence electrons. The normalized spacial score (nSPS) is 14.1. The fourth-order valence-electron chi connectivity index (χ4n) is 2.91. The van der Waals surface area contributed by atoms with Crippen molar-refractivity contribution in [3.05, 3.63) is 54.1 Å². The van der Waals surface area contributed by atoms with Crippen LogP contribution in [0.3, 0.4) is 0 Å². The van der Waals surface area contributed by atoms with E-state index in [1.54, 1.807) is 17.8 Å². The van der Waals surface area contributed by atoms with Gasteiger partial charge in [-0.1, -0.05) is 18.2 Å². The SMILES string of the molecule is CSc1ccccc1N1CCN(C(=S)Nc2cccc(C#N)c2)CC1. The van der Waals surface area contributed by atoms with Crippen molar-refractivity contribution in [1.82, 2.24) is 4.90 Å². The van der Waals surface area contributed by atoms with Crippen LogP contribution in [0, 0.1) is 11.3 Å². The molecule has 2 aromatic carbocycles.